The smallest absolute Gasteiger partial charge is 0.324 e. The monoisotopic (exact) mass is 278 g/mol. The molecule has 0 aromatic heterocycles. The summed E-state index contributed by atoms with van der Waals surface area (Å²) in [5.41, 5.74) is 0. The van der Waals surface area contributed by atoms with Gasteiger partial charge >= 0.3 is 5.97 Å². The summed E-state index contributed by atoms with van der Waals surface area (Å²) in [5.74, 6) is -1.82. The lowest BCUT2D eigenvalue weighted by Crippen LogP contribution is -2.52. The molecule has 0 spiro atoms. The zero-order valence-corrected chi connectivity index (χ0v) is 11.4. The second-order valence-electron chi connectivity index (χ2n) is 3.50. The van der Waals surface area contributed by atoms with Crippen LogP contribution in [0.5, 0.6) is 0 Å². The number of hydrogen-bond acceptors (Lipinski definition) is 6. The Morgan fingerprint density at radius 3 is 1.95 bits per heavy atom. The topological polar surface area (TPSA) is 125 Å². The van der Waals surface area contributed by atoms with Crippen molar-refractivity contribution in [3.63, 3.8) is 0 Å². The van der Waals surface area contributed by atoms with E-state index >= 15 is 0 Å². The molecule has 0 bridgehead atoms. The van der Waals surface area contributed by atoms with Gasteiger partial charge in [-0.2, -0.15) is 0 Å². The molecule has 0 aromatic carbocycles. The van der Waals surface area contributed by atoms with Crippen LogP contribution in [0.3, 0.4) is 0 Å². The Morgan fingerprint density at radius 1 is 1.16 bits per heavy atom. The fourth-order valence-electron chi connectivity index (χ4n) is 1.06. The van der Waals surface area contributed by atoms with Gasteiger partial charge in [-0.25, -0.2) is 0 Å². The molecule has 112 valence electrons. The summed E-state index contributed by atoms with van der Waals surface area (Å²) in [6.07, 6.45) is 0. The minimum absolute atomic E-state index is 0.149. The van der Waals surface area contributed by atoms with Crippen molar-refractivity contribution >= 4 is 17.9 Å². The predicted molar refractivity (Wildman–Crippen MR) is 67.9 cm³/mol. The van der Waals surface area contributed by atoms with Crippen LogP contribution in [0, 0.1) is 0 Å². The fourth-order valence-corrected chi connectivity index (χ4v) is 1.06. The van der Waals surface area contributed by atoms with Gasteiger partial charge in [0.25, 0.3) is 11.9 Å². The molecule has 8 heteroatoms. The zero-order valence-electron chi connectivity index (χ0n) is 11.4. The van der Waals surface area contributed by atoms with E-state index in [9.17, 15) is 4.79 Å². The number of esters is 1. The first kappa shape index (κ1) is 19.7. The normalized spacial score (nSPS) is 16.9. The lowest BCUT2D eigenvalue weighted by Gasteiger charge is -2.22. The molecule has 4 N–H and O–H groups in total. The van der Waals surface area contributed by atoms with Crippen molar-refractivity contribution in [3.8, 4) is 0 Å². The molecule has 1 aliphatic rings. The lowest BCUT2D eigenvalue weighted by atomic mass is 10.2. The zero-order chi connectivity index (χ0) is 15.3. The number of piperazine rings is 1. The second-order valence-corrected chi connectivity index (χ2v) is 3.50. The second kappa shape index (κ2) is 12.8. The van der Waals surface area contributed by atoms with E-state index < -0.39 is 11.9 Å². The van der Waals surface area contributed by atoms with Gasteiger partial charge in [0.15, 0.2) is 0 Å². The highest BCUT2D eigenvalue weighted by atomic mass is 16.5. The van der Waals surface area contributed by atoms with Gasteiger partial charge in [-0.3, -0.25) is 14.4 Å². The van der Waals surface area contributed by atoms with E-state index in [1.54, 1.807) is 0 Å². The van der Waals surface area contributed by atoms with E-state index in [1.807, 2.05) is 6.92 Å². The third-order valence-corrected chi connectivity index (χ3v) is 1.61. The molecule has 1 atom stereocenters. The number of carboxylic acid groups (broad SMARTS) is 2. The molecular formula is C11H22N2O6. The van der Waals surface area contributed by atoms with Crippen LogP contribution in [0.4, 0.5) is 0 Å². The Morgan fingerprint density at radius 2 is 1.63 bits per heavy atom. The number of ether oxygens (including phenoxy) is 1. The third kappa shape index (κ3) is 18.9. The van der Waals surface area contributed by atoms with E-state index in [0.717, 1.165) is 26.9 Å². The Balaban J connectivity index is 0. The molecule has 0 radical (unpaired) electrons. The SMILES string of the molecule is CC(=O)O.CC(=O)O.CCOC(=O)C1CNCCN1. The van der Waals surface area contributed by atoms with Gasteiger partial charge in [0, 0.05) is 33.5 Å². The Labute approximate surface area is 112 Å². The number of carbonyl (C=O) groups is 3. The number of hydrogen-bond donors (Lipinski definition) is 4. The Hall–Kier alpha value is -1.67. The molecular weight excluding hydrogens is 256 g/mol. The minimum Gasteiger partial charge on any atom is -0.481 e. The van der Waals surface area contributed by atoms with Gasteiger partial charge < -0.3 is 25.6 Å². The number of rotatable bonds is 2. The van der Waals surface area contributed by atoms with Crippen LogP contribution < -0.4 is 10.6 Å². The van der Waals surface area contributed by atoms with Gasteiger partial charge in [-0.15, -0.1) is 0 Å². The van der Waals surface area contributed by atoms with Crippen LogP contribution in [0.15, 0.2) is 0 Å². The van der Waals surface area contributed by atoms with Crippen LogP contribution >= 0.6 is 0 Å². The lowest BCUT2D eigenvalue weighted by molar-refractivity contribution is -0.146. The molecule has 19 heavy (non-hydrogen) atoms. The van der Waals surface area contributed by atoms with Crippen LogP contribution in [0.2, 0.25) is 0 Å². The van der Waals surface area contributed by atoms with Crippen molar-refractivity contribution in [1.82, 2.24) is 10.6 Å². The van der Waals surface area contributed by atoms with E-state index in [-0.39, 0.29) is 12.0 Å². The van der Waals surface area contributed by atoms with Crippen LogP contribution in [-0.2, 0) is 19.1 Å². The van der Waals surface area contributed by atoms with Crippen molar-refractivity contribution in [2.45, 2.75) is 26.8 Å². The first-order valence-electron chi connectivity index (χ1n) is 5.81. The quantitative estimate of drug-likeness (QED) is 0.488. The summed E-state index contributed by atoms with van der Waals surface area (Å²) in [4.78, 5) is 29.1. The minimum atomic E-state index is -0.833. The fraction of sp³-hybridized carbons (Fsp3) is 0.727. The molecule has 1 saturated heterocycles. The molecule has 0 aromatic rings. The average molecular weight is 278 g/mol. The van der Waals surface area contributed by atoms with Gasteiger partial charge in [0.05, 0.1) is 6.61 Å². The maximum atomic E-state index is 11.1. The average Bonchev–Trinajstić information content (AvgIpc) is 2.29. The van der Waals surface area contributed by atoms with E-state index in [0.29, 0.717) is 13.2 Å². The molecule has 1 rings (SSSR count). The Kier molecular flexibility index (Phi) is 13.2. The first-order chi connectivity index (χ1) is 8.81. The number of aliphatic carboxylic acids is 2. The van der Waals surface area contributed by atoms with Gasteiger partial charge in [0.1, 0.15) is 6.04 Å². The van der Waals surface area contributed by atoms with Crippen molar-refractivity contribution in [1.29, 1.82) is 0 Å². The maximum absolute atomic E-state index is 11.1. The van der Waals surface area contributed by atoms with Crippen molar-refractivity contribution in [2.24, 2.45) is 0 Å². The molecule has 8 nitrogen and oxygen atoms in total. The summed E-state index contributed by atoms with van der Waals surface area (Å²) in [6.45, 7) is 6.88. The molecule has 1 fully saturated rings. The standard InChI is InChI=1S/C7H14N2O2.2C2H4O2/c1-2-11-7(10)6-5-8-3-4-9-6;2*1-2(3)4/h6,8-9H,2-5H2,1H3;2*1H3,(H,3,4). The molecule has 1 aliphatic heterocycles. The Bertz CT molecular complexity index is 256. The van der Waals surface area contributed by atoms with Crippen molar-refractivity contribution in [3.05, 3.63) is 0 Å². The molecule has 1 heterocycles. The van der Waals surface area contributed by atoms with Crippen LogP contribution in [0.25, 0.3) is 0 Å². The molecule has 0 saturated carbocycles. The summed E-state index contributed by atoms with van der Waals surface area (Å²) >= 11 is 0. The van der Waals surface area contributed by atoms with E-state index in [1.165, 1.54) is 0 Å². The first-order valence-corrected chi connectivity index (χ1v) is 5.81. The highest BCUT2D eigenvalue weighted by molar-refractivity contribution is 5.76. The van der Waals surface area contributed by atoms with Gasteiger partial charge in [-0.05, 0) is 6.92 Å². The van der Waals surface area contributed by atoms with Gasteiger partial charge in [0.2, 0.25) is 0 Å². The summed E-state index contributed by atoms with van der Waals surface area (Å²) < 4.78 is 4.84. The summed E-state index contributed by atoms with van der Waals surface area (Å²) in [5, 5.41) is 21.0. The van der Waals surface area contributed by atoms with Gasteiger partial charge in [-0.1, -0.05) is 0 Å². The van der Waals surface area contributed by atoms with Crippen molar-refractivity contribution in [2.75, 3.05) is 26.2 Å². The maximum Gasteiger partial charge on any atom is 0.324 e. The number of carbonyl (C=O) groups excluding carboxylic acids is 1. The van der Waals surface area contributed by atoms with Crippen LogP contribution in [0.1, 0.15) is 20.8 Å². The molecule has 0 aliphatic carbocycles. The largest absolute Gasteiger partial charge is 0.481 e. The number of carboxylic acids is 2. The third-order valence-electron chi connectivity index (χ3n) is 1.61. The van der Waals surface area contributed by atoms with Crippen LogP contribution in [-0.4, -0.2) is 60.4 Å². The molecule has 0 amide bonds. The highest BCUT2D eigenvalue weighted by Gasteiger charge is 2.20. The summed E-state index contributed by atoms with van der Waals surface area (Å²) in [7, 11) is 0. The van der Waals surface area contributed by atoms with E-state index in [2.05, 4.69) is 10.6 Å². The van der Waals surface area contributed by atoms with Crippen molar-refractivity contribution < 1.29 is 29.3 Å². The summed E-state index contributed by atoms with van der Waals surface area (Å²) in [6, 6.07) is -0.149. The number of nitrogens with one attached hydrogen (secondary N) is 2. The molecule has 1 unspecified atom stereocenters. The highest BCUT2D eigenvalue weighted by Crippen LogP contribution is 1.90. The van der Waals surface area contributed by atoms with E-state index in [4.69, 9.17) is 24.5 Å². The predicted octanol–water partition coefficient (Wildman–Crippen LogP) is -0.707.